The molecule has 132 valence electrons. The van der Waals surface area contributed by atoms with Crippen LogP contribution >= 0.6 is 23.7 Å². The summed E-state index contributed by atoms with van der Waals surface area (Å²) >= 11 is 1.47. The predicted molar refractivity (Wildman–Crippen MR) is 95.0 cm³/mol. The molecule has 7 nitrogen and oxygen atoms in total. The SMILES string of the molecule is COC(=O)CN(CCN1CCN(C)CC1)Cc1cnc(N)s1.Cl. The molecule has 2 heterocycles. The molecule has 1 aromatic heterocycles. The summed E-state index contributed by atoms with van der Waals surface area (Å²) < 4.78 is 4.79. The van der Waals surface area contributed by atoms with Gasteiger partial charge < -0.3 is 15.4 Å². The molecule has 1 aliphatic rings. The summed E-state index contributed by atoms with van der Waals surface area (Å²) in [5.74, 6) is -0.212. The quantitative estimate of drug-likeness (QED) is 0.701. The summed E-state index contributed by atoms with van der Waals surface area (Å²) in [4.78, 5) is 23.6. The summed E-state index contributed by atoms with van der Waals surface area (Å²) in [5, 5.41) is 0.562. The Bertz CT molecular complexity index is 479. The first-order valence-electron chi connectivity index (χ1n) is 7.47. The summed E-state index contributed by atoms with van der Waals surface area (Å²) in [7, 11) is 3.57. The number of carbonyl (C=O) groups excluding carboxylic acids is 1. The van der Waals surface area contributed by atoms with Crippen molar-refractivity contribution in [3.8, 4) is 0 Å². The highest BCUT2D eigenvalue weighted by Gasteiger charge is 2.17. The highest BCUT2D eigenvalue weighted by Crippen LogP contribution is 2.16. The Morgan fingerprint density at radius 2 is 2.13 bits per heavy atom. The van der Waals surface area contributed by atoms with Gasteiger partial charge in [0.05, 0.1) is 13.7 Å². The van der Waals surface area contributed by atoms with Crippen molar-refractivity contribution in [2.75, 3.05) is 65.7 Å². The van der Waals surface area contributed by atoms with Crippen LogP contribution in [0.15, 0.2) is 6.20 Å². The highest BCUT2D eigenvalue weighted by atomic mass is 35.5. The lowest BCUT2D eigenvalue weighted by molar-refractivity contribution is -0.142. The summed E-state index contributed by atoms with van der Waals surface area (Å²) in [5.41, 5.74) is 5.67. The van der Waals surface area contributed by atoms with Gasteiger partial charge in [0.25, 0.3) is 0 Å². The predicted octanol–water partition coefficient (Wildman–Crippen LogP) is 0.370. The molecule has 2 rings (SSSR count). The van der Waals surface area contributed by atoms with Crippen LogP contribution in [0.25, 0.3) is 0 Å². The van der Waals surface area contributed by atoms with Gasteiger partial charge in [-0.3, -0.25) is 14.6 Å². The summed E-state index contributed by atoms with van der Waals surface area (Å²) in [6, 6.07) is 0. The van der Waals surface area contributed by atoms with Crippen LogP contribution in [-0.4, -0.2) is 85.6 Å². The fourth-order valence-corrected chi connectivity index (χ4v) is 3.16. The molecule has 0 aromatic carbocycles. The smallest absolute Gasteiger partial charge is 0.319 e. The maximum absolute atomic E-state index is 11.6. The van der Waals surface area contributed by atoms with Crippen molar-refractivity contribution in [3.63, 3.8) is 0 Å². The van der Waals surface area contributed by atoms with E-state index < -0.39 is 0 Å². The van der Waals surface area contributed by atoms with E-state index in [1.807, 2.05) is 0 Å². The zero-order chi connectivity index (χ0) is 15.9. The van der Waals surface area contributed by atoms with Crippen molar-refractivity contribution in [3.05, 3.63) is 11.1 Å². The Labute approximate surface area is 147 Å². The van der Waals surface area contributed by atoms with E-state index >= 15 is 0 Å². The number of halogens is 1. The van der Waals surface area contributed by atoms with Crippen LogP contribution in [0.2, 0.25) is 0 Å². The van der Waals surface area contributed by atoms with Gasteiger partial charge >= 0.3 is 5.97 Å². The molecule has 23 heavy (non-hydrogen) atoms. The van der Waals surface area contributed by atoms with E-state index in [0.717, 1.165) is 44.1 Å². The average molecular weight is 364 g/mol. The molecule has 0 saturated carbocycles. The van der Waals surface area contributed by atoms with E-state index in [1.54, 1.807) is 6.20 Å². The van der Waals surface area contributed by atoms with E-state index in [2.05, 4.69) is 26.7 Å². The molecule has 1 aliphatic heterocycles. The Hall–Kier alpha value is -0.930. The molecule has 1 saturated heterocycles. The number of nitrogens with zero attached hydrogens (tertiary/aromatic N) is 4. The third kappa shape index (κ3) is 7.01. The van der Waals surface area contributed by atoms with Crippen LogP contribution in [0.1, 0.15) is 4.88 Å². The van der Waals surface area contributed by atoms with Crippen molar-refractivity contribution in [1.82, 2.24) is 19.7 Å². The van der Waals surface area contributed by atoms with Crippen molar-refractivity contribution in [2.24, 2.45) is 0 Å². The van der Waals surface area contributed by atoms with Gasteiger partial charge in [0.2, 0.25) is 0 Å². The maximum atomic E-state index is 11.6. The molecule has 0 amide bonds. The van der Waals surface area contributed by atoms with Crippen LogP contribution in [-0.2, 0) is 16.1 Å². The molecular formula is C14H26ClN5O2S. The standard InChI is InChI=1S/C14H25N5O2S.ClH/c1-17-3-5-18(6-4-17)7-8-19(11-13(20)21-2)10-12-9-16-14(15)22-12;/h9H,3-8,10-11H2,1-2H3,(H2,15,16);1H. The molecule has 1 aromatic rings. The normalized spacial score (nSPS) is 16.3. The number of piperazine rings is 1. The van der Waals surface area contributed by atoms with Gasteiger partial charge in [0, 0.05) is 56.9 Å². The van der Waals surface area contributed by atoms with Crippen LogP contribution < -0.4 is 5.73 Å². The summed E-state index contributed by atoms with van der Waals surface area (Å²) in [6.45, 7) is 7.12. The Kier molecular flexibility index (Phi) is 8.78. The minimum Gasteiger partial charge on any atom is -0.468 e. The molecule has 0 radical (unpaired) electrons. The molecule has 0 bridgehead atoms. The second-order valence-corrected chi connectivity index (χ2v) is 6.74. The van der Waals surface area contributed by atoms with Crippen molar-refractivity contribution < 1.29 is 9.53 Å². The number of aromatic nitrogens is 1. The molecule has 9 heteroatoms. The van der Waals surface area contributed by atoms with E-state index in [0.29, 0.717) is 18.2 Å². The number of nitrogens with two attached hydrogens (primary N) is 1. The number of esters is 1. The lowest BCUT2D eigenvalue weighted by Gasteiger charge is -2.33. The lowest BCUT2D eigenvalue weighted by Crippen LogP contribution is -2.47. The second-order valence-electron chi connectivity index (χ2n) is 5.60. The van der Waals surface area contributed by atoms with Crippen molar-refractivity contribution in [2.45, 2.75) is 6.54 Å². The molecule has 0 unspecified atom stereocenters. The molecule has 0 aliphatic carbocycles. The molecule has 1 fully saturated rings. The van der Waals surface area contributed by atoms with Gasteiger partial charge in [0.1, 0.15) is 0 Å². The fraction of sp³-hybridized carbons (Fsp3) is 0.714. The average Bonchev–Trinajstić information content (AvgIpc) is 2.91. The summed E-state index contributed by atoms with van der Waals surface area (Å²) in [6.07, 6.45) is 1.78. The number of carbonyl (C=O) groups is 1. The highest BCUT2D eigenvalue weighted by molar-refractivity contribution is 7.15. The van der Waals surface area contributed by atoms with E-state index in [9.17, 15) is 4.79 Å². The second kappa shape index (κ2) is 10.0. The van der Waals surface area contributed by atoms with Gasteiger partial charge in [-0.25, -0.2) is 4.98 Å². The van der Waals surface area contributed by atoms with Gasteiger partial charge in [0.15, 0.2) is 5.13 Å². The maximum Gasteiger partial charge on any atom is 0.319 e. The molecule has 0 atom stereocenters. The van der Waals surface area contributed by atoms with E-state index in [1.165, 1.54) is 18.4 Å². The minimum absolute atomic E-state index is 0. The van der Waals surface area contributed by atoms with E-state index in [4.69, 9.17) is 10.5 Å². The monoisotopic (exact) mass is 363 g/mol. The number of thiazole rings is 1. The number of hydrogen-bond donors (Lipinski definition) is 1. The minimum atomic E-state index is -0.212. The first-order valence-corrected chi connectivity index (χ1v) is 8.28. The van der Waals surface area contributed by atoms with Crippen LogP contribution in [0, 0.1) is 0 Å². The number of ether oxygens (including phenoxy) is 1. The number of methoxy groups -OCH3 is 1. The Morgan fingerprint density at radius 1 is 1.43 bits per heavy atom. The van der Waals surface area contributed by atoms with Gasteiger partial charge in [-0.2, -0.15) is 0 Å². The third-order valence-electron chi connectivity index (χ3n) is 3.86. The number of hydrogen-bond acceptors (Lipinski definition) is 8. The zero-order valence-corrected chi connectivity index (χ0v) is 15.4. The number of nitrogen functional groups attached to an aromatic ring is 1. The van der Waals surface area contributed by atoms with Crippen LogP contribution in [0.4, 0.5) is 5.13 Å². The van der Waals surface area contributed by atoms with Crippen LogP contribution in [0.3, 0.4) is 0 Å². The zero-order valence-electron chi connectivity index (χ0n) is 13.7. The van der Waals surface area contributed by atoms with Gasteiger partial charge in [-0.05, 0) is 7.05 Å². The van der Waals surface area contributed by atoms with Crippen molar-refractivity contribution in [1.29, 1.82) is 0 Å². The van der Waals surface area contributed by atoms with Gasteiger partial charge in [-0.1, -0.05) is 0 Å². The van der Waals surface area contributed by atoms with Crippen LogP contribution in [0.5, 0.6) is 0 Å². The first kappa shape index (κ1) is 20.1. The molecule has 2 N–H and O–H groups in total. The largest absolute Gasteiger partial charge is 0.468 e. The van der Waals surface area contributed by atoms with Gasteiger partial charge in [-0.15, -0.1) is 23.7 Å². The topological polar surface area (TPSA) is 74.9 Å². The number of anilines is 1. The number of likely N-dealkylation sites (N-methyl/N-ethyl adjacent to an activating group) is 1. The fourth-order valence-electron chi connectivity index (χ4n) is 2.43. The molecule has 0 spiro atoms. The van der Waals surface area contributed by atoms with Crippen molar-refractivity contribution >= 4 is 34.8 Å². The molecular weight excluding hydrogens is 338 g/mol. The Balaban J connectivity index is 0.00000264. The van der Waals surface area contributed by atoms with E-state index in [-0.39, 0.29) is 18.4 Å². The Morgan fingerprint density at radius 3 is 2.70 bits per heavy atom. The lowest BCUT2D eigenvalue weighted by atomic mass is 10.3. The number of rotatable bonds is 7. The third-order valence-corrected chi connectivity index (χ3v) is 4.67. The first-order chi connectivity index (χ1) is 10.6.